The molecular weight excluding hydrogens is 216 g/mol. The minimum absolute atomic E-state index is 0.184. The molecule has 0 atom stereocenters. The zero-order valence-electron chi connectivity index (χ0n) is 10.2. The molecule has 2 amide bonds. The summed E-state index contributed by atoms with van der Waals surface area (Å²) in [5.74, 6) is 0.816. The van der Waals surface area contributed by atoms with Gasteiger partial charge in [0.25, 0.3) is 0 Å². The van der Waals surface area contributed by atoms with Gasteiger partial charge >= 0.3 is 6.03 Å². The zero-order chi connectivity index (χ0) is 12.5. The Bertz CT molecular complexity index is 372. The number of ether oxygens (including phenoxy) is 1. The minimum atomic E-state index is -0.184. The second-order valence-corrected chi connectivity index (χ2v) is 3.51. The third kappa shape index (κ3) is 5.06. The first-order valence-corrected chi connectivity index (χ1v) is 5.61. The van der Waals surface area contributed by atoms with Gasteiger partial charge in [-0.3, -0.25) is 0 Å². The zero-order valence-corrected chi connectivity index (χ0v) is 10.2. The lowest BCUT2D eigenvalue weighted by Gasteiger charge is -2.02. The molecule has 17 heavy (non-hydrogen) atoms. The van der Waals surface area contributed by atoms with Crippen LogP contribution in [0.2, 0.25) is 0 Å². The normalized spacial score (nSPS) is 10.2. The summed E-state index contributed by atoms with van der Waals surface area (Å²) >= 11 is 0. The van der Waals surface area contributed by atoms with Crippen LogP contribution in [-0.4, -0.2) is 19.7 Å². The van der Waals surface area contributed by atoms with Crippen LogP contribution >= 0.6 is 0 Å². The maximum absolute atomic E-state index is 11.2. The topological polar surface area (TPSA) is 50.4 Å². The van der Waals surface area contributed by atoms with Gasteiger partial charge in [-0.2, -0.15) is 0 Å². The van der Waals surface area contributed by atoms with Crippen molar-refractivity contribution in [1.29, 1.82) is 0 Å². The molecule has 0 saturated carbocycles. The SMILES string of the molecule is CCCNC(=O)N/C=C/c1ccc(OC)cc1. The molecule has 0 spiro atoms. The van der Waals surface area contributed by atoms with Crippen molar-refractivity contribution in [1.82, 2.24) is 10.6 Å². The number of urea groups is 1. The van der Waals surface area contributed by atoms with Gasteiger partial charge in [0, 0.05) is 12.7 Å². The van der Waals surface area contributed by atoms with Crippen LogP contribution in [0.25, 0.3) is 6.08 Å². The Morgan fingerprint density at radius 3 is 2.65 bits per heavy atom. The lowest BCUT2D eigenvalue weighted by atomic mass is 10.2. The smallest absolute Gasteiger partial charge is 0.318 e. The van der Waals surface area contributed by atoms with Crippen LogP contribution in [0.15, 0.2) is 30.5 Å². The number of rotatable bonds is 5. The molecule has 0 aliphatic carbocycles. The Balaban J connectivity index is 2.39. The van der Waals surface area contributed by atoms with Crippen molar-refractivity contribution in [3.63, 3.8) is 0 Å². The van der Waals surface area contributed by atoms with E-state index < -0.39 is 0 Å². The summed E-state index contributed by atoms with van der Waals surface area (Å²) in [7, 11) is 1.63. The number of hydrogen-bond donors (Lipinski definition) is 2. The molecule has 2 N–H and O–H groups in total. The molecule has 0 bridgehead atoms. The van der Waals surface area contributed by atoms with Crippen LogP contribution in [-0.2, 0) is 0 Å². The predicted molar refractivity (Wildman–Crippen MR) is 68.9 cm³/mol. The molecule has 0 unspecified atom stereocenters. The lowest BCUT2D eigenvalue weighted by molar-refractivity contribution is 0.244. The Labute approximate surface area is 102 Å². The number of carbonyl (C=O) groups is 1. The standard InChI is InChI=1S/C13H18N2O2/c1-3-9-14-13(16)15-10-8-11-4-6-12(17-2)7-5-11/h4-8,10H,3,9H2,1-2H3,(H2,14,15,16)/b10-8+. The molecule has 1 aromatic rings. The fourth-order valence-electron chi connectivity index (χ4n) is 1.22. The summed E-state index contributed by atoms with van der Waals surface area (Å²) in [5.41, 5.74) is 1.00. The number of nitrogens with one attached hydrogen (secondary N) is 2. The van der Waals surface area contributed by atoms with Crippen molar-refractivity contribution in [2.45, 2.75) is 13.3 Å². The summed E-state index contributed by atoms with van der Waals surface area (Å²) in [6.45, 7) is 2.69. The van der Waals surface area contributed by atoms with E-state index in [0.717, 1.165) is 17.7 Å². The third-order valence-corrected chi connectivity index (χ3v) is 2.14. The average molecular weight is 234 g/mol. The number of methoxy groups -OCH3 is 1. The highest BCUT2D eigenvalue weighted by Gasteiger charge is 1.93. The average Bonchev–Trinajstić information content (AvgIpc) is 2.37. The van der Waals surface area contributed by atoms with Gasteiger partial charge in [-0.1, -0.05) is 19.1 Å². The van der Waals surface area contributed by atoms with Crippen LogP contribution in [0.5, 0.6) is 5.75 Å². The Morgan fingerprint density at radius 1 is 1.35 bits per heavy atom. The number of hydrogen-bond acceptors (Lipinski definition) is 2. The summed E-state index contributed by atoms with van der Waals surface area (Å²) < 4.78 is 5.05. The molecule has 1 rings (SSSR count). The van der Waals surface area contributed by atoms with Gasteiger partial charge in [0.2, 0.25) is 0 Å². The largest absolute Gasteiger partial charge is 0.497 e. The van der Waals surface area contributed by atoms with Gasteiger partial charge in [-0.25, -0.2) is 4.79 Å². The van der Waals surface area contributed by atoms with Crippen molar-refractivity contribution in [2.24, 2.45) is 0 Å². The van der Waals surface area contributed by atoms with Gasteiger partial charge in [-0.05, 0) is 30.2 Å². The van der Waals surface area contributed by atoms with E-state index in [1.807, 2.05) is 37.3 Å². The van der Waals surface area contributed by atoms with E-state index in [0.29, 0.717) is 6.54 Å². The van der Waals surface area contributed by atoms with E-state index in [9.17, 15) is 4.79 Å². The highest BCUT2D eigenvalue weighted by Crippen LogP contribution is 2.11. The molecule has 0 radical (unpaired) electrons. The summed E-state index contributed by atoms with van der Waals surface area (Å²) in [5, 5.41) is 5.35. The van der Waals surface area contributed by atoms with Crippen LogP contribution in [0.4, 0.5) is 4.79 Å². The fraction of sp³-hybridized carbons (Fsp3) is 0.308. The van der Waals surface area contributed by atoms with Crippen LogP contribution in [0.1, 0.15) is 18.9 Å². The van der Waals surface area contributed by atoms with Crippen LogP contribution in [0.3, 0.4) is 0 Å². The van der Waals surface area contributed by atoms with Crippen molar-refractivity contribution >= 4 is 12.1 Å². The first kappa shape index (κ1) is 13.1. The van der Waals surface area contributed by atoms with Crippen molar-refractivity contribution < 1.29 is 9.53 Å². The molecule has 4 nitrogen and oxygen atoms in total. The second-order valence-electron chi connectivity index (χ2n) is 3.51. The summed E-state index contributed by atoms with van der Waals surface area (Å²) in [6, 6.07) is 7.40. The van der Waals surface area contributed by atoms with Crippen molar-refractivity contribution in [3.05, 3.63) is 36.0 Å². The van der Waals surface area contributed by atoms with E-state index in [1.54, 1.807) is 13.3 Å². The van der Waals surface area contributed by atoms with Crippen molar-refractivity contribution in [3.8, 4) is 5.75 Å². The van der Waals surface area contributed by atoms with Gasteiger partial charge in [0.1, 0.15) is 5.75 Å². The minimum Gasteiger partial charge on any atom is -0.497 e. The van der Waals surface area contributed by atoms with E-state index in [2.05, 4.69) is 10.6 Å². The number of carbonyl (C=O) groups excluding carboxylic acids is 1. The Hall–Kier alpha value is -1.97. The molecule has 1 aromatic carbocycles. The summed E-state index contributed by atoms with van der Waals surface area (Å²) in [6.07, 6.45) is 4.37. The fourth-order valence-corrected chi connectivity index (χ4v) is 1.22. The lowest BCUT2D eigenvalue weighted by Crippen LogP contribution is -2.32. The molecular formula is C13H18N2O2. The van der Waals surface area contributed by atoms with Gasteiger partial charge < -0.3 is 15.4 Å². The first-order valence-electron chi connectivity index (χ1n) is 5.61. The Kier molecular flexibility index (Phi) is 5.64. The van der Waals surface area contributed by atoms with E-state index >= 15 is 0 Å². The van der Waals surface area contributed by atoms with Crippen molar-refractivity contribution in [2.75, 3.05) is 13.7 Å². The van der Waals surface area contributed by atoms with Gasteiger partial charge in [0.15, 0.2) is 0 Å². The molecule has 0 fully saturated rings. The maximum Gasteiger partial charge on any atom is 0.318 e. The van der Waals surface area contributed by atoms with E-state index in [1.165, 1.54) is 0 Å². The molecule has 0 aromatic heterocycles. The second kappa shape index (κ2) is 7.33. The molecule has 4 heteroatoms. The van der Waals surface area contributed by atoms with E-state index in [4.69, 9.17) is 4.74 Å². The quantitative estimate of drug-likeness (QED) is 0.821. The molecule has 0 saturated heterocycles. The molecule has 0 aliphatic rings. The maximum atomic E-state index is 11.2. The predicted octanol–water partition coefficient (Wildman–Crippen LogP) is 2.38. The van der Waals surface area contributed by atoms with Crippen LogP contribution in [0, 0.1) is 0 Å². The Morgan fingerprint density at radius 2 is 2.06 bits per heavy atom. The molecule has 0 heterocycles. The third-order valence-electron chi connectivity index (χ3n) is 2.14. The summed E-state index contributed by atoms with van der Waals surface area (Å²) in [4.78, 5) is 11.2. The highest BCUT2D eigenvalue weighted by atomic mass is 16.5. The number of amides is 2. The van der Waals surface area contributed by atoms with E-state index in [-0.39, 0.29) is 6.03 Å². The molecule has 0 aliphatic heterocycles. The number of benzene rings is 1. The highest BCUT2D eigenvalue weighted by molar-refractivity contribution is 5.75. The monoisotopic (exact) mass is 234 g/mol. The van der Waals surface area contributed by atoms with Gasteiger partial charge in [0.05, 0.1) is 7.11 Å². The first-order chi connectivity index (χ1) is 8.26. The van der Waals surface area contributed by atoms with Gasteiger partial charge in [-0.15, -0.1) is 0 Å². The molecule has 92 valence electrons. The van der Waals surface area contributed by atoms with Crippen LogP contribution < -0.4 is 15.4 Å².